The summed E-state index contributed by atoms with van der Waals surface area (Å²) in [5.74, 6) is 1.43. The van der Waals surface area contributed by atoms with Crippen LogP contribution in [0.2, 0.25) is 0 Å². The lowest BCUT2D eigenvalue weighted by atomic mass is 9.80. The van der Waals surface area contributed by atoms with Gasteiger partial charge in [0.25, 0.3) is 0 Å². The molecule has 0 atom stereocenters. The fraction of sp³-hybridized carbons (Fsp3) is 0.520. The highest BCUT2D eigenvalue weighted by Gasteiger charge is 2.33. The van der Waals surface area contributed by atoms with Crippen molar-refractivity contribution in [2.75, 3.05) is 11.1 Å². The molecule has 2 aromatic rings. The number of rotatable bonds is 7. The summed E-state index contributed by atoms with van der Waals surface area (Å²) in [7, 11) is -3.00. The molecule has 2 aromatic carbocycles. The third-order valence-electron chi connectivity index (χ3n) is 6.21. The Morgan fingerprint density at radius 1 is 0.828 bits per heavy atom. The van der Waals surface area contributed by atoms with Crippen molar-refractivity contribution in [2.24, 2.45) is 11.8 Å². The molecule has 0 aliphatic heterocycles. The van der Waals surface area contributed by atoms with Crippen LogP contribution in [0.25, 0.3) is 0 Å². The van der Waals surface area contributed by atoms with E-state index in [9.17, 15) is 8.42 Å². The van der Waals surface area contributed by atoms with Gasteiger partial charge in [0, 0.05) is 11.4 Å². The van der Waals surface area contributed by atoms with Crippen molar-refractivity contribution in [1.82, 2.24) is 0 Å². The summed E-state index contributed by atoms with van der Waals surface area (Å²) in [6.45, 7) is 5.44. The van der Waals surface area contributed by atoms with E-state index in [0.717, 1.165) is 49.4 Å². The summed E-state index contributed by atoms with van der Waals surface area (Å²) >= 11 is 0. The first-order valence-electron chi connectivity index (χ1n) is 10.9. The Morgan fingerprint density at radius 2 is 1.38 bits per heavy atom. The highest BCUT2D eigenvalue weighted by Crippen LogP contribution is 2.34. The maximum absolute atomic E-state index is 12.5. The zero-order valence-corrected chi connectivity index (χ0v) is 18.8. The van der Waals surface area contributed by atoms with Gasteiger partial charge >= 0.3 is 0 Å². The Bertz CT molecular complexity index is 859. The van der Waals surface area contributed by atoms with Crippen LogP contribution in [0.15, 0.2) is 54.6 Å². The summed E-state index contributed by atoms with van der Waals surface area (Å²) in [5.41, 5.74) is 3.59. The minimum absolute atomic E-state index is 0.346. The van der Waals surface area contributed by atoms with Gasteiger partial charge in [0.1, 0.15) is 0 Å². The topological polar surface area (TPSA) is 46.2 Å². The maximum Gasteiger partial charge on any atom is 0.155 e. The number of anilines is 2. The van der Waals surface area contributed by atoms with Crippen LogP contribution in [0.4, 0.5) is 11.4 Å². The monoisotopic (exact) mass is 413 g/mol. The Morgan fingerprint density at radius 3 is 1.97 bits per heavy atom. The Kier molecular flexibility index (Phi) is 7.05. The van der Waals surface area contributed by atoms with E-state index in [2.05, 4.69) is 41.7 Å². The number of aryl methyl sites for hydroxylation is 1. The molecule has 29 heavy (non-hydrogen) atoms. The quantitative estimate of drug-likeness (QED) is 0.572. The molecule has 0 bridgehead atoms. The lowest BCUT2D eigenvalue weighted by Gasteiger charge is -2.30. The van der Waals surface area contributed by atoms with E-state index < -0.39 is 14.6 Å². The van der Waals surface area contributed by atoms with Gasteiger partial charge in [0.2, 0.25) is 0 Å². The standard InChI is InChI=1S/C25H35NO2S/c1-25(2,3)29(27,28)19-22-13-11-20(12-14-22)9-10-21-15-17-24(18-16-21)26-23-7-5-4-6-8-23/h4-8,15-18,20,22,26H,9-14,19H2,1-3H3. The van der Waals surface area contributed by atoms with Crippen molar-refractivity contribution in [2.45, 2.75) is 64.0 Å². The maximum atomic E-state index is 12.5. The van der Waals surface area contributed by atoms with Crippen LogP contribution in [-0.2, 0) is 16.3 Å². The summed E-state index contributed by atoms with van der Waals surface area (Å²) in [6, 6.07) is 18.9. The first-order valence-corrected chi connectivity index (χ1v) is 12.5. The largest absolute Gasteiger partial charge is 0.356 e. The lowest BCUT2D eigenvalue weighted by Crippen LogP contribution is -2.34. The molecule has 0 amide bonds. The second kappa shape index (κ2) is 9.34. The molecule has 1 aliphatic rings. The van der Waals surface area contributed by atoms with E-state index in [0.29, 0.717) is 11.7 Å². The van der Waals surface area contributed by atoms with Gasteiger partial charge < -0.3 is 5.32 Å². The van der Waals surface area contributed by atoms with Gasteiger partial charge in [-0.15, -0.1) is 0 Å². The summed E-state index contributed by atoms with van der Waals surface area (Å²) in [6.07, 6.45) is 6.74. The van der Waals surface area contributed by atoms with Crippen molar-refractivity contribution in [3.05, 3.63) is 60.2 Å². The van der Waals surface area contributed by atoms with Crippen molar-refractivity contribution >= 4 is 21.2 Å². The third-order valence-corrected chi connectivity index (χ3v) is 8.99. The second-order valence-electron chi connectivity index (χ2n) is 9.51. The van der Waals surface area contributed by atoms with E-state index in [-0.39, 0.29) is 0 Å². The normalized spacial score (nSPS) is 20.4. The molecule has 4 heteroatoms. The molecular formula is C25H35NO2S. The van der Waals surface area contributed by atoms with Crippen molar-refractivity contribution in [3.63, 3.8) is 0 Å². The molecule has 1 fully saturated rings. The highest BCUT2D eigenvalue weighted by molar-refractivity contribution is 7.92. The Labute approximate surface area is 176 Å². The molecule has 0 saturated heterocycles. The minimum Gasteiger partial charge on any atom is -0.356 e. The number of nitrogens with one attached hydrogen (secondary N) is 1. The van der Waals surface area contributed by atoms with Crippen LogP contribution in [0.5, 0.6) is 0 Å². The molecule has 158 valence electrons. The summed E-state index contributed by atoms with van der Waals surface area (Å²) < 4.78 is 24.3. The van der Waals surface area contributed by atoms with Gasteiger partial charge in [0.15, 0.2) is 9.84 Å². The van der Waals surface area contributed by atoms with Crippen LogP contribution in [0.3, 0.4) is 0 Å². The lowest BCUT2D eigenvalue weighted by molar-refractivity contribution is 0.278. The molecule has 1 N–H and O–H groups in total. The van der Waals surface area contributed by atoms with E-state index in [1.54, 1.807) is 0 Å². The third kappa shape index (κ3) is 6.33. The molecule has 1 aliphatic carbocycles. The van der Waals surface area contributed by atoms with Crippen LogP contribution in [0.1, 0.15) is 58.4 Å². The predicted octanol–water partition coefficient (Wildman–Crippen LogP) is 6.38. The highest BCUT2D eigenvalue weighted by atomic mass is 32.2. The number of hydrogen-bond donors (Lipinski definition) is 1. The molecule has 0 heterocycles. The molecule has 0 spiro atoms. The fourth-order valence-electron chi connectivity index (χ4n) is 4.06. The zero-order valence-electron chi connectivity index (χ0n) is 18.0. The smallest absolute Gasteiger partial charge is 0.155 e. The van der Waals surface area contributed by atoms with Gasteiger partial charge in [-0.3, -0.25) is 0 Å². The average Bonchev–Trinajstić information content (AvgIpc) is 2.68. The predicted molar refractivity (Wildman–Crippen MR) is 123 cm³/mol. The molecule has 3 rings (SSSR count). The number of sulfone groups is 1. The van der Waals surface area contributed by atoms with Crippen LogP contribution < -0.4 is 5.32 Å². The average molecular weight is 414 g/mol. The molecule has 0 radical (unpaired) electrons. The zero-order chi connectivity index (χ0) is 20.9. The van der Waals surface area contributed by atoms with Gasteiger partial charge in [0.05, 0.1) is 10.5 Å². The van der Waals surface area contributed by atoms with Gasteiger partial charge in [-0.25, -0.2) is 8.42 Å². The molecule has 0 unspecified atom stereocenters. The summed E-state index contributed by atoms with van der Waals surface area (Å²) in [4.78, 5) is 0. The van der Waals surface area contributed by atoms with Crippen molar-refractivity contribution in [1.29, 1.82) is 0 Å². The molecule has 3 nitrogen and oxygen atoms in total. The van der Waals surface area contributed by atoms with E-state index in [1.807, 2.05) is 39.0 Å². The van der Waals surface area contributed by atoms with E-state index in [4.69, 9.17) is 0 Å². The van der Waals surface area contributed by atoms with Crippen molar-refractivity contribution < 1.29 is 8.42 Å². The second-order valence-corrected chi connectivity index (χ2v) is 12.3. The van der Waals surface area contributed by atoms with Gasteiger partial charge in [-0.05, 0) is 88.1 Å². The van der Waals surface area contributed by atoms with Gasteiger partial charge in [-0.1, -0.05) is 43.2 Å². The molecular weight excluding hydrogens is 378 g/mol. The first-order chi connectivity index (χ1) is 13.7. The SMILES string of the molecule is CC(C)(C)S(=O)(=O)CC1CCC(CCc2ccc(Nc3ccccc3)cc2)CC1. The number of hydrogen-bond acceptors (Lipinski definition) is 3. The number of benzene rings is 2. The molecule has 1 saturated carbocycles. The van der Waals surface area contributed by atoms with Crippen LogP contribution in [0, 0.1) is 11.8 Å². The van der Waals surface area contributed by atoms with E-state index in [1.165, 1.54) is 12.0 Å². The van der Waals surface area contributed by atoms with Crippen molar-refractivity contribution in [3.8, 4) is 0 Å². The first kappa shape index (κ1) is 21.9. The van der Waals surface area contributed by atoms with Crippen LogP contribution in [-0.4, -0.2) is 18.9 Å². The molecule has 0 aromatic heterocycles. The fourth-order valence-corrected chi connectivity index (χ4v) is 5.51. The summed E-state index contributed by atoms with van der Waals surface area (Å²) in [5, 5.41) is 3.42. The minimum atomic E-state index is -3.00. The van der Waals surface area contributed by atoms with E-state index >= 15 is 0 Å². The van der Waals surface area contributed by atoms with Gasteiger partial charge in [-0.2, -0.15) is 0 Å². The Hall–Kier alpha value is -1.81. The number of para-hydroxylation sites is 1. The Balaban J connectivity index is 1.42. The van der Waals surface area contributed by atoms with Crippen LogP contribution >= 0.6 is 0 Å².